The van der Waals surface area contributed by atoms with Crippen LogP contribution in [0.2, 0.25) is 0 Å². The number of hydrogen-bond acceptors (Lipinski definition) is 3. The molecule has 4 heteroatoms. The lowest BCUT2D eigenvalue weighted by atomic mass is 10.0. The first-order valence-corrected chi connectivity index (χ1v) is 19.7. The average Bonchev–Trinajstić information content (AvgIpc) is 3.04. The number of aliphatic hydroxyl groups excluding tert-OH is 2. The highest BCUT2D eigenvalue weighted by molar-refractivity contribution is 5.76. The third kappa shape index (κ3) is 33.8. The van der Waals surface area contributed by atoms with Crippen LogP contribution in [0.1, 0.15) is 200 Å². The first kappa shape index (κ1) is 43.6. The van der Waals surface area contributed by atoms with Crippen LogP contribution in [0.5, 0.6) is 0 Å². The van der Waals surface area contributed by atoms with Gasteiger partial charge in [-0.3, -0.25) is 4.79 Å². The molecule has 0 aromatic rings. The lowest BCUT2D eigenvalue weighted by molar-refractivity contribution is -0.123. The quantitative estimate of drug-likeness (QED) is 0.0481. The number of aliphatic hydroxyl groups is 2. The van der Waals surface area contributed by atoms with Gasteiger partial charge in [-0.2, -0.15) is 0 Å². The zero-order valence-electron chi connectivity index (χ0n) is 30.1. The molecule has 3 N–H and O–H groups in total. The Balaban J connectivity index is 3.61. The van der Waals surface area contributed by atoms with E-state index in [1.807, 2.05) is 6.08 Å². The molecule has 45 heavy (non-hydrogen) atoms. The van der Waals surface area contributed by atoms with Gasteiger partial charge in [0.15, 0.2) is 0 Å². The summed E-state index contributed by atoms with van der Waals surface area (Å²) < 4.78 is 0. The monoisotopic (exact) mass is 632 g/mol. The minimum absolute atomic E-state index is 0.0858. The van der Waals surface area contributed by atoms with Gasteiger partial charge in [0.05, 0.1) is 18.8 Å². The van der Waals surface area contributed by atoms with Crippen molar-refractivity contribution >= 4 is 5.91 Å². The second-order valence-corrected chi connectivity index (χ2v) is 13.3. The highest BCUT2D eigenvalue weighted by Gasteiger charge is 2.17. The second-order valence-electron chi connectivity index (χ2n) is 13.3. The van der Waals surface area contributed by atoms with E-state index in [4.69, 9.17) is 0 Å². The minimum Gasteiger partial charge on any atom is -0.394 e. The van der Waals surface area contributed by atoms with Crippen molar-refractivity contribution in [1.82, 2.24) is 5.32 Å². The first-order chi connectivity index (χ1) is 22.2. The summed E-state index contributed by atoms with van der Waals surface area (Å²) >= 11 is 0. The Hall–Kier alpha value is -1.39. The maximum Gasteiger partial charge on any atom is 0.220 e. The molecule has 0 saturated carbocycles. The van der Waals surface area contributed by atoms with E-state index in [0.29, 0.717) is 6.42 Å². The fraction of sp³-hybridized carbons (Fsp3) is 0.829. The molecule has 0 aliphatic carbocycles. The highest BCUT2D eigenvalue weighted by atomic mass is 16.3. The molecule has 264 valence electrons. The van der Waals surface area contributed by atoms with Crippen molar-refractivity contribution < 1.29 is 15.0 Å². The number of amides is 1. The summed E-state index contributed by atoms with van der Waals surface area (Å²) in [5.74, 6) is -0.0858. The first-order valence-electron chi connectivity index (χ1n) is 19.7. The molecule has 0 aromatic heterocycles. The van der Waals surface area contributed by atoms with E-state index in [2.05, 4.69) is 43.5 Å². The van der Waals surface area contributed by atoms with E-state index in [1.165, 1.54) is 135 Å². The van der Waals surface area contributed by atoms with E-state index < -0.39 is 12.1 Å². The summed E-state index contributed by atoms with van der Waals surface area (Å²) in [5, 5.41) is 22.9. The van der Waals surface area contributed by atoms with Crippen molar-refractivity contribution in [2.75, 3.05) is 6.61 Å². The number of unbranched alkanes of at least 4 members (excludes halogenated alkanes) is 24. The van der Waals surface area contributed by atoms with E-state index in [0.717, 1.165) is 44.9 Å². The standard InChI is InChI=1S/C41H77NO3/c1-3-5-7-9-11-13-15-16-17-18-19-20-21-22-23-24-25-27-28-30-32-34-36-40(44)39(38-43)42-41(45)37-35-33-31-29-26-14-12-10-8-6-4-2/h10,12,27-28,34,36,39-40,43-44H,3-9,11,13-26,29-33,35,37-38H2,1-2H3,(H,42,45)/b12-10-,28-27+,36-34+. The Bertz CT molecular complexity index is 686. The predicted octanol–water partition coefficient (Wildman–Crippen LogP) is 11.8. The van der Waals surface area contributed by atoms with E-state index in [9.17, 15) is 15.0 Å². The van der Waals surface area contributed by atoms with Crippen LogP contribution < -0.4 is 5.32 Å². The number of carbonyl (C=O) groups is 1. The zero-order valence-corrected chi connectivity index (χ0v) is 30.1. The fourth-order valence-corrected chi connectivity index (χ4v) is 5.76. The van der Waals surface area contributed by atoms with Gasteiger partial charge in [-0.05, 0) is 51.4 Å². The topological polar surface area (TPSA) is 69.6 Å². The molecular formula is C41H77NO3. The average molecular weight is 632 g/mol. The summed E-state index contributed by atoms with van der Waals surface area (Å²) in [7, 11) is 0. The molecule has 0 spiro atoms. The number of carbonyl (C=O) groups excluding carboxylic acids is 1. The van der Waals surface area contributed by atoms with Gasteiger partial charge in [-0.1, -0.05) is 179 Å². The van der Waals surface area contributed by atoms with E-state index in [1.54, 1.807) is 6.08 Å². The molecule has 0 rings (SSSR count). The van der Waals surface area contributed by atoms with Gasteiger partial charge >= 0.3 is 0 Å². The van der Waals surface area contributed by atoms with Crippen LogP contribution in [0.4, 0.5) is 0 Å². The van der Waals surface area contributed by atoms with Crippen molar-refractivity contribution in [2.45, 2.75) is 212 Å². The van der Waals surface area contributed by atoms with Crippen LogP contribution in [-0.2, 0) is 4.79 Å². The summed E-state index contributed by atoms with van der Waals surface area (Å²) in [6, 6.07) is -0.640. The molecule has 0 heterocycles. The van der Waals surface area contributed by atoms with Gasteiger partial charge in [-0.15, -0.1) is 0 Å². The number of allylic oxidation sites excluding steroid dienone is 5. The Morgan fingerprint density at radius 2 is 0.889 bits per heavy atom. The van der Waals surface area contributed by atoms with Crippen molar-refractivity contribution in [1.29, 1.82) is 0 Å². The van der Waals surface area contributed by atoms with Crippen LogP contribution >= 0.6 is 0 Å². The predicted molar refractivity (Wildman–Crippen MR) is 198 cm³/mol. The molecular weight excluding hydrogens is 554 g/mol. The third-order valence-electron chi connectivity index (χ3n) is 8.85. The van der Waals surface area contributed by atoms with Gasteiger partial charge in [0.1, 0.15) is 0 Å². The third-order valence-corrected chi connectivity index (χ3v) is 8.85. The van der Waals surface area contributed by atoms with Gasteiger partial charge in [-0.25, -0.2) is 0 Å². The van der Waals surface area contributed by atoms with Crippen LogP contribution in [0.3, 0.4) is 0 Å². The normalized spacial score (nSPS) is 13.4. The van der Waals surface area contributed by atoms with Gasteiger partial charge in [0.25, 0.3) is 0 Å². The summed E-state index contributed by atoms with van der Waals surface area (Å²) in [6.45, 7) is 4.25. The number of hydrogen-bond donors (Lipinski definition) is 3. The molecule has 0 aromatic carbocycles. The molecule has 0 aliphatic rings. The molecule has 0 fully saturated rings. The molecule has 0 saturated heterocycles. The summed E-state index contributed by atoms with van der Waals surface area (Å²) in [4.78, 5) is 12.3. The zero-order chi connectivity index (χ0) is 32.9. The van der Waals surface area contributed by atoms with Crippen molar-refractivity contribution in [3.05, 3.63) is 36.5 Å². The molecule has 0 bridgehead atoms. The Morgan fingerprint density at radius 1 is 0.511 bits per heavy atom. The second kappa shape index (κ2) is 37.1. The highest BCUT2D eigenvalue weighted by Crippen LogP contribution is 2.14. The molecule has 2 atom stereocenters. The van der Waals surface area contributed by atoms with Crippen molar-refractivity contribution in [3.8, 4) is 0 Å². The Kier molecular flexibility index (Phi) is 35.9. The summed E-state index contributed by atoms with van der Waals surface area (Å²) in [5.41, 5.74) is 0. The SMILES string of the molecule is CCCC/C=C\CCCCCCCC(=O)NC(CO)C(O)/C=C/CC/C=C/CCCCCCCCCCCCCCCCCC. The van der Waals surface area contributed by atoms with Gasteiger partial charge in [0.2, 0.25) is 5.91 Å². The Morgan fingerprint density at radius 3 is 1.36 bits per heavy atom. The fourth-order valence-electron chi connectivity index (χ4n) is 5.76. The summed E-state index contributed by atoms with van der Waals surface area (Å²) in [6.07, 6.45) is 48.2. The molecule has 2 unspecified atom stereocenters. The molecule has 1 amide bonds. The molecule has 4 nitrogen and oxygen atoms in total. The molecule has 0 radical (unpaired) electrons. The van der Waals surface area contributed by atoms with Crippen LogP contribution in [-0.4, -0.2) is 34.9 Å². The number of nitrogens with one attached hydrogen (secondary N) is 1. The number of rotatable bonds is 35. The minimum atomic E-state index is -0.863. The smallest absolute Gasteiger partial charge is 0.220 e. The van der Waals surface area contributed by atoms with Gasteiger partial charge < -0.3 is 15.5 Å². The molecule has 0 aliphatic heterocycles. The lowest BCUT2D eigenvalue weighted by Crippen LogP contribution is -2.45. The van der Waals surface area contributed by atoms with Crippen LogP contribution in [0.15, 0.2) is 36.5 Å². The maximum absolute atomic E-state index is 12.3. The van der Waals surface area contributed by atoms with E-state index >= 15 is 0 Å². The Labute approximate surface area is 281 Å². The maximum atomic E-state index is 12.3. The van der Waals surface area contributed by atoms with Gasteiger partial charge in [0, 0.05) is 6.42 Å². The van der Waals surface area contributed by atoms with Crippen molar-refractivity contribution in [3.63, 3.8) is 0 Å². The van der Waals surface area contributed by atoms with Crippen LogP contribution in [0, 0.1) is 0 Å². The van der Waals surface area contributed by atoms with Crippen LogP contribution in [0.25, 0.3) is 0 Å². The largest absolute Gasteiger partial charge is 0.394 e. The van der Waals surface area contributed by atoms with E-state index in [-0.39, 0.29) is 12.5 Å². The van der Waals surface area contributed by atoms with Crippen molar-refractivity contribution in [2.24, 2.45) is 0 Å². The lowest BCUT2D eigenvalue weighted by Gasteiger charge is -2.19.